The highest BCUT2D eigenvalue weighted by atomic mass is 79.9. The van der Waals surface area contributed by atoms with Crippen molar-refractivity contribution in [2.24, 2.45) is 0 Å². The first-order valence-corrected chi connectivity index (χ1v) is 17.2. The SMILES string of the molecule is Br.CCCCCCCC[P+](CCCCCCCC)(CCCCCCCC)Cc1ccccc1.N. The normalized spacial score (nSPS) is 11.1. The van der Waals surface area contributed by atoms with Gasteiger partial charge in [-0.3, -0.25) is 0 Å². The molecule has 0 aromatic heterocycles. The van der Waals surface area contributed by atoms with Gasteiger partial charge in [-0.15, -0.1) is 17.0 Å². The second-order valence-electron chi connectivity index (χ2n) is 10.5. The van der Waals surface area contributed by atoms with Crippen molar-refractivity contribution >= 4 is 24.2 Å². The number of hydrogen-bond donors (Lipinski definition) is 1. The lowest BCUT2D eigenvalue weighted by molar-refractivity contribution is 0.615. The molecule has 0 unspecified atom stereocenters. The Bertz CT molecular complexity index is 467. The van der Waals surface area contributed by atoms with Crippen LogP contribution >= 0.6 is 24.2 Å². The van der Waals surface area contributed by atoms with E-state index in [0.717, 1.165) is 0 Å². The van der Waals surface area contributed by atoms with Crippen LogP contribution in [0.1, 0.15) is 142 Å². The molecule has 0 saturated carbocycles. The highest BCUT2D eigenvalue weighted by Crippen LogP contribution is 2.63. The molecule has 0 aliphatic rings. The standard InChI is InChI=1S/C31H58P.BrH.H3N/c1-4-7-10-13-16-22-27-32(28-23-17-14-11-8-5-2,29-24-18-15-12-9-6-3)30-31-25-20-19-21-26-31;;/h19-21,25-26H,4-18,22-24,27-30H2,1-3H3;1H;1H3/q+1;;. The van der Waals surface area contributed by atoms with Crippen LogP contribution in [0.3, 0.4) is 0 Å². The van der Waals surface area contributed by atoms with Crippen LogP contribution in [-0.4, -0.2) is 18.5 Å². The molecule has 0 amide bonds. The maximum atomic E-state index is 2.42. The van der Waals surface area contributed by atoms with Crippen LogP contribution in [-0.2, 0) is 6.16 Å². The van der Waals surface area contributed by atoms with Crippen LogP contribution < -0.4 is 6.15 Å². The van der Waals surface area contributed by atoms with E-state index in [4.69, 9.17) is 0 Å². The van der Waals surface area contributed by atoms with Crippen molar-refractivity contribution in [3.63, 3.8) is 0 Å². The van der Waals surface area contributed by atoms with Gasteiger partial charge < -0.3 is 6.15 Å². The summed E-state index contributed by atoms with van der Waals surface area (Å²) in [6.45, 7) is 6.99. The Kier molecular flexibility index (Phi) is 27.9. The fourth-order valence-electron chi connectivity index (χ4n) is 5.23. The maximum absolute atomic E-state index is 2.42. The highest BCUT2D eigenvalue weighted by Gasteiger charge is 2.35. The minimum atomic E-state index is -0.885. The van der Waals surface area contributed by atoms with Gasteiger partial charge in [-0.1, -0.05) is 128 Å². The van der Waals surface area contributed by atoms with Gasteiger partial charge in [-0.2, -0.15) is 0 Å². The van der Waals surface area contributed by atoms with Crippen LogP contribution in [0.4, 0.5) is 0 Å². The molecule has 1 aromatic carbocycles. The van der Waals surface area contributed by atoms with Crippen molar-refractivity contribution in [3.8, 4) is 0 Å². The van der Waals surface area contributed by atoms with Crippen LogP contribution in [0.5, 0.6) is 0 Å². The molecule has 0 spiro atoms. The Balaban J connectivity index is 0. The molecule has 34 heavy (non-hydrogen) atoms. The molecule has 1 aromatic rings. The van der Waals surface area contributed by atoms with Crippen molar-refractivity contribution in [1.82, 2.24) is 6.15 Å². The predicted molar refractivity (Wildman–Crippen MR) is 167 cm³/mol. The first kappa shape index (κ1) is 36.2. The number of unbranched alkanes of at least 4 members (excludes halogenated alkanes) is 15. The molecule has 0 aliphatic heterocycles. The van der Waals surface area contributed by atoms with E-state index < -0.39 is 7.26 Å². The van der Waals surface area contributed by atoms with Gasteiger partial charge in [0.15, 0.2) is 0 Å². The molecule has 0 saturated heterocycles. The maximum Gasteiger partial charge on any atom is 0.0842 e. The second kappa shape index (κ2) is 26.2. The van der Waals surface area contributed by atoms with Gasteiger partial charge in [0.05, 0.1) is 24.6 Å². The number of benzene rings is 1. The van der Waals surface area contributed by atoms with Gasteiger partial charge in [0, 0.05) is 7.26 Å². The number of halogens is 1. The van der Waals surface area contributed by atoms with E-state index in [1.807, 2.05) is 0 Å². The Hall–Kier alpha value is 0.0900. The predicted octanol–water partition coefficient (Wildman–Crippen LogP) is 12.0. The lowest BCUT2D eigenvalue weighted by Gasteiger charge is -2.28. The fraction of sp³-hybridized carbons (Fsp3) is 0.806. The van der Waals surface area contributed by atoms with Crippen molar-refractivity contribution in [2.45, 2.75) is 143 Å². The summed E-state index contributed by atoms with van der Waals surface area (Å²) in [4.78, 5) is 0. The third-order valence-corrected chi connectivity index (χ3v) is 12.1. The van der Waals surface area contributed by atoms with Crippen molar-refractivity contribution in [1.29, 1.82) is 0 Å². The van der Waals surface area contributed by atoms with Gasteiger partial charge >= 0.3 is 0 Å². The molecule has 0 aliphatic carbocycles. The van der Waals surface area contributed by atoms with Gasteiger partial charge in [-0.05, 0) is 44.1 Å². The van der Waals surface area contributed by atoms with E-state index in [1.165, 1.54) is 122 Å². The molecule has 0 atom stereocenters. The molecule has 1 nitrogen and oxygen atoms in total. The Morgan fingerprint density at radius 2 is 0.794 bits per heavy atom. The summed E-state index contributed by atoms with van der Waals surface area (Å²) in [5.41, 5.74) is 1.63. The first-order valence-electron chi connectivity index (χ1n) is 14.7. The lowest BCUT2D eigenvalue weighted by Crippen LogP contribution is -2.12. The quantitative estimate of drug-likeness (QED) is 0.105. The third kappa shape index (κ3) is 19.3. The molecular weight excluding hydrogens is 497 g/mol. The van der Waals surface area contributed by atoms with Gasteiger partial charge in [0.2, 0.25) is 0 Å². The average molecular weight is 560 g/mol. The molecular formula is C31H62BrNP+. The summed E-state index contributed by atoms with van der Waals surface area (Å²) in [7, 11) is -0.885. The summed E-state index contributed by atoms with van der Waals surface area (Å²) in [6, 6.07) is 11.6. The minimum absolute atomic E-state index is 0. The first-order chi connectivity index (χ1) is 15.8. The van der Waals surface area contributed by atoms with Gasteiger partial charge in [0.25, 0.3) is 0 Å². The molecule has 3 heteroatoms. The van der Waals surface area contributed by atoms with Crippen molar-refractivity contribution in [3.05, 3.63) is 35.9 Å². The summed E-state index contributed by atoms with van der Waals surface area (Å²) in [5, 5.41) is 0. The molecule has 1 rings (SSSR count). The van der Waals surface area contributed by atoms with E-state index >= 15 is 0 Å². The molecule has 0 heterocycles. The zero-order chi connectivity index (χ0) is 23.2. The Morgan fingerprint density at radius 3 is 1.15 bits per heavy atom. The average Bonchev–Trinajstić information content (AvgIpc) is 2.81. The molecule has 0 radical (unpaired) electrons. The van der Waals surface area contributed by atoms with Gasteiger partial charge in [0.1, 0.15) is 0 Å². The largest absolute Gasteiger partial charge is 0.344 e. The second-order valence-corrected chi connectivity index (χ2v) is 14.8. The van der Waals surface area contributed by atoms with E-state index in [-0.39, 0.29) is 23.1 Å². The van der Waals surface area contributed by atoms with Crippen molar-refractivity contribution in [2.75, 3.05) is 18.5 Å². The summed E-state index contributed by atoms with van der Waals surface area (Å²) < 4.78 is 0. The molecule has 3 N–H and O–H groups in total. The summed E-state index contributed by atoms with van der Waals surface area (Å²) >= 11 is 0. The minimum Gasteiger partial charge on any atom is -0.344 e. The topological polar surface area (TPSA) is 35.0 Å². The molecule has 202 valence electrons. The van der Waals surface area contributed by atoms with Crippen LogP contribution in [0.25, 0.3) is 0 Å². The zero-order valence-electron chi connectivity index (χ0n) is 23.5. The van der Waals surface area contributed by atoms with Crippen molar-refractivity contribution < 1.29 is 0 Å². The van der Waals surface area contributed by atoms with E-state index in [1.54, 1.807) is 24.0 Å². The highest BCUT2D eigenvalue weighted by molar-refractivity contribution is 8.93. The van der Waals surface area contributed by atoms with E-state index in [2.05, 4.69) is 51.1 Å². The summed E-state index contributed by atoms with van der Waals surface area (Å²) in [5.74, 6) is 0. The Labute approximate surface area is 226 Å². The third-order valence-electron chi connectivity index (χ3n) is 7.32. The number of hydrogen-bond acceptors (Lipinski definition) is 1. The number of rotatable bonds is 23. The molecule has 0 bridgehead atoms. The van der Waals surface area contributed by atoms with E-state index in [9.17, 15) is 0 Å². The Morgan fingerprint density at radius 1 is 0.471 bits per heavy atom. The smallest absolute Gasteiger partial charge is 0.0842 e. The van der Waals surface area contributed by atoms with Crippen LogP contribution in [0, 0.1) is 0 Å². The van der Waals surface area contributed by atoms with Gasteiger partial charge in [-0.25, -0.2) is 0 Å². The zero-order valence-corrected chi connectivity index (χ0v) is 26.1. The monoisotopic (exact) mass is 558 g/mol. The van der Waals surface area contributed by atoms with Crippen LogP contribution in [0.15, 0.2) is 30.3 Å². The fourth-order valence-corrected chi connectivity index (χ4v) is 10.0. The molecule has 0 fully saturated rings. The van der Waals surface area contributed by atoms with Crippen LogP contribution in [0.2, 0.25) is 0 Å². The van der Waals surface area contributed by atoms with E-state index in [0.29, 0.717) is 0 Å². The lowest BCUT2D eigenvalue weighted by atomic mass is 10.1. The summed E-state index contributed by atoms with van der Waals surface area (Å²) in [6.07, 6.45) is 32.2.